The number of rotatable bonds is 6. The normalized spacial score (nSPS) is 22.5. The highest BCUT2D eigenvalue weighted by molar-refractivity contribution is 14.1. The van der Waals surface area contributed by atoms with Gasteiger partial charge in [0.15, 0.2) is 3.42 Å². The first kappa shape index (κ1) is 30.7. The van der Waals surface area contributed by atoms with Gasteiger partial charge < -0.3 is 15.4 Å². The number of carbonyl (C=O) groups is 2. The molecule has 3 atom stereocenters. The number of nitrogens with two attached hydrogens (primary N) is 1. The molecule has 1 aliphatic rings. The van der Waals surface area contributed by atoms with Crippen LogP contribution in [0.4, 0.5) is 23.7 Å². The first-order chi connectivity index (χ1) is 17.9. The zero-order chi connectivity index (χ0) is 29.6. The third kappa shape index (κ3) is 5.72. The van der Waals surface area contributed by atoms with E-state index in [1.54, 1.807) is 31.2 Å². The number of urea groups is 1. The van der Waals surface area contributed by atoms with Crippen LogP contribution in [0, 0.1) is 16.7 Å². The Morgan fingerprint density at radius 1 is 1.15 bits per heavy atom. The Labute approximate surface area is 240 Å². The molecule has 2 unspecified atom stereocenters. The van der Waals surface area contributed by atoms with E-state index >= 15 is 0 Å². The minimum absolute atomic E-state index is 0.00437. The highest BCUT2D eigenvalue weighted by atomic mass is 127. The fraction of sp³-hybridized carbons (Fsp3) is 0.464. The van der Waals surface area contributed by atoms with E-state index in [1.165, 1.54) is 29.0 Å². The van der Waals surface area contributed by atoms with Crippen LogP contribution in [-0.4, -0.2) is 45.6 Å². The zero-order valence-electron chi connectivity index (χ0n) is 22.6. The molecule has 1 saturated heterocycles. The molecule has 39 heavy (non-hydrogen) atoms. The van der Waals surface area contributed by atoms with Crippen molar-refractivity contribution in [3.8, 4) is 6.07 Å². The summed E-state index contributed by atoms with van der Waals surface area (Å²) < 4.78 is 45.0. The number of nitriles is 1. The van der Waals surface area contributed by atoms with Crippen molar-refractivity contribution in [2.24, 2.45) is 11.1 Å². The number of ether oxygens (including phenoxy) is 1. The molecule has 11 heteroatoms. The Kier molecular flexibility index (Phi) is 8.35. The van der Waals surface area contributed by atoms with Crippen molar-refractivity contribution < 1.29 is 27.5 Å². The van der Waals surface area contributed by atoms with E-state index in [4.69, 9.17) is 10.5 Å². The minimum Gasteiger partial charge on any atom is -0.464 e. The van der Waals surface area contributed by atoms with Crippen LogP contribution in [0.5, 0.6) is 0 Å². The average Bonchev–Trinajstić information content (AvgIpc) is 2.85. The molecule has 1 heterocycles. The van der Waals surface area contributed by atoms with Crippen molar-refractivity contribution in [3.63, 3.8) is 0 Å². The molecule has 0 aromatic heterocycles. The lowest BCUT2D eigenvalue weighted by Gasteiger charge is -2.52. The second kappa shape index (κ2) is 10.6. The van der Waals surface area contributed by atoms with Gasteiger partial charge in [0.05, 0.1) is 35.9 Å². The van der Waals surface area contributed by atoms with E-state index in [-0.39, 0.29) is 12.3 Å². The fourth-order valence-corrected chi connectivity index (χ4v) is 5.55. The molecule has 1 fully saturated rings. The Bertz CT molecular complexity index is 1280. The van der Waals surface area contributed by atoms with E-state index < -0.39 is 50.2 Å². The number of anilines is 1. The molecule has 2 amide bonds. The molecule has 2 N–H and O–H groups in total. The Morgan fingerprint density at radius 2 is 1.74 bits per heavy atom. The molecule has 2 aromatic rings. The second-order valence-corrected chi connectivity index (χ2v) is 12.9. The highest BCUT2D eigenvalue weighted by Crippen LogP contribution is 2.49. The van der Waals surface area contributed by atoms with Crippen LogP contribution in [0.1, 0.15) is 57.4 Å². The van der Waals surface area contributed by atoms with Crippen LogP contribution < -0.4 is 10.6 Å². The number of benzene rings is 2. The summed E-state index contributed by atoms with van der Waals surface area (Å²) in [5.41, 5.74) is 5.07. The summed E-state index contributed by atoms with van der Waals surface area (Å²) >= 11 is 1.96. The molecule has 7 nitrogen and oxygen atoms in total. The van der Waals surface area contributed by atoms with Crippen LogP contribution in [0.15, 0.2) is 48.5 Å². The van der Waals surface area contributed by atoms with Gasteiger partial charge in [-0.2, -0.15) is 18.4 Å². The summed E-state index contributed by atoms with van der Waals surface area (Å²) in [6, 6.07) is 10.6. The van der Waals surface area contributed by atoms with Crippen LogP contribution in [0.2, 0.25) is 0 Å². The Balaban J connectivity index is 2.14. The first-order valence-electron chi connectivity index (χ1n) is 12.2. The van der Waals surface area contributed by atoms with Gasteiger partial charge >= 0.3 is 18.2 Å². The van der Waals surface area contributed by atoms with Crippen molar-refractivity contribution in [1.82, 2.24) is 4.90 Å². The summed E-state index contributed by atoms with van der Waals surface area (Å²) in [4.78, 5) is 30.2. The van der Waals surface area contributed by atoms with Gasteiger partial charge in [0.25, 0.3) is 0 Å². The number of halogens is 4. The lowest BCUT2D eigenvalue weighted by Crippen LogP contribution is -2.68. The topological polar surface area (TPSA) is 99.7 Å². The number of hydrogen-bond acceptors (Lipinski definition) is 5. The third-order valence-corrected chi connectivity index (χ3v) is 9.65. The summed E-state index contributed by atoms with van der Waals surface area (Å²) in [7, 11) is 1.49. The molecular weight excluding hydrogens is 624 g/mol. The van der Waals surface area contributed by atoms with Crippen molar-refractivity contribution in [3.05, 3.63) is 65.2 Å². The van der Waals surface area contributed by atoms with Crippen LogP contribution in [0.25, 0.3) is 0 Å². The number of alkyl halides is 4. The molecule has 2 aromatic carbocycles. The highest BCUT2D eigenvalue weighted by Gasteiger charge is 2.60. The van der Waals surface area contributed by atoms with Crippen molar-refractivity contribution >= 4 is 40.3 Å². The van der Waals surface area contributed by atoms with Crippen molar-refractivity contribution in [1.29, 1.82) is 5.26 Å². The van der Waals surface area contributed by atoms with Crippen LogP contribution in [0.3, 0.4) is 0 Å². The van der Waals surface area contributed by atoms with Gasteiger partial charge in [0.1, 0.15) is 0 Å². The van der Waals surface area contributed by atoms with Crippen LogP contribution >= 0.6 is 22.6 Å². The lowest BCUT2D eigenvalue weighted by atomic mass is 9.76. The maximum Gasteiger partial charge on any atom is 0.416 e. The van der Waals surface area contributed by atoms with E-state index in [1.807, 2.05) is 56.4 Å². The standard InChI is InChI=1S/C28H32F3IN4O3/c1-17-27(32,23(37)39-16-25(2,3)26(4,5)34)22(19-12-10-18(15-33)11-13-19)35(6)24(38)36(17)21-9-7-8-20(14-21)28(29,30)31/h7-14,17,22H,16,34H2,1-6H3/t17?,22?,27-/m0/s1. The van der Waals surface area contributed by atoms with Gasteiger partial charge in [-0.25, -0.2) is 4.79 Å². The quantitative estimate of drug-likeness (QED) is 0.232. The molecule has 1 aliphatic heterocycles. The largest absolute Gasteiger partial charge is 0.464 e. The van der Waals surface area contributed by atoms with E-state index in [0.717, 1.165) is 12.1 Å². The van der Waals surface area contributed by atoms with Crippen molar-refractivity contribution in [2.45, 2.75) is 61.8 Å². The van der Waals surface area contributed by atoms with E-state index in [0.29, 0.717) is 11.1 Å². The molecular formula is C28H32F3IN4O3. The summed E-state index contributed by atoms with van der Waals surface area (Å²) in [6.45, 7) is 8.98. The van der Waals surface area contributed by atoms with Gasteiger partial charge in [-0.15, -0.1) is 0 Å². The molecule has 0 bridgehead atoms. The molecule has 210 valence electrons. The van der Waals surface area contributed by atoms with Gasteiger partial charge in [-0.05, 0) is 56.7 Å². The monoisotopic (exact) mass is 656 g/mol. The predicted octanol–water partition coefficient (Wildman–Crippen LogP) is 6.06. The molecule has 0 radical (unpaired) electrons. The maximum absolute atomic E-state index is 14.0. The fourth-order valence-electron chi connectivity index (χ4n) is 4.34. The summed E-state index contributed by atoms with van der Waals surface area (Å²) in [6.07, 6.45) is -4.62. The first-order valence-corrected chi connectivity index (χ1v) is 13.3. The van der Waals surface area contributed by atoms with E-state index in [9.17, 15) is 28.0 Å². The van der Waals surface area contributed by atoms with E-state index in [2.05, 4.69) is 0 Å². The number of nitrogens with zero attached hydrogens (tertiary/aromatic N) is 3. The Morgan fingerprint density at radius 3 is 2.26 bits per heavy atom. The molecule has 0 spiro atoms. The number of amides is 2. The summed E-state index contributed by atoms with van der Waals surface area (Å²) in [5.74, 6) is -0.640. The maximum atomic E-state index is 14.0. The molecule has 0 aliphatic carbocycles. The van der Waals surface area contributed by atoms with Gasteiger partial charge in [-0.3, -0.25) is 9.69 Å². The SMILES string of the molecule is CC1N(c2cccc(C(F)(F)F)c2)C(=O)N(C)C(c2ccc(C#N)cc2)[C@]1(I)C(=O)OCC(C)(C)C(C)(C)N. The number of hydrogen-bond donors (Lipinski definition) is 1. The number of carbonyl (C=O) groups excluding carboxylic acids is 2. The van der Waals surface area contributed by atoms with Crippen molar-refractivity contribution in [2.75, 3.05) is 18.6 Å². The van der Waals surface area contributed by atoms with Gasteiger partial charge in [-0.1, -0.05) is 54.6 Å². The third-order valence-electron chi connectivity index (χ3n) is 7.72. The second-order valence-electron chi connectivity index (χ2n) is 11.1. The molecule has 3 rings (SSSR count). The molecule has 0 saturated carbocycles. The van der Waals surface area contributed by atoms with Gasteiger partial charge in [0, 0.05) is 23.7 Å². The summed E-state index contributed by atoms with van der Waals surface area (Å²) in [5, 5.41) is 9.23. The number of esters is 1. The predicted molar refractivity (Wildman–Crippen MR) is 150 cm³/mol. The lowest BCUT2D eigenvalue weighted by molar-refractivity contribution is -0.153. The minimum atomic E-state index is -4.62. The average molecular weight is 656 g/mol. The zero-order valence-corrected chi connectivity index (χ0v) is 24.8. The Hall–Kier alpha value is -2.85. The van der Waals surface area contributed by atoms with Gasteiger partial charge in [0.2, 0.25) is 0 Å². The van der Waals surface area contributed by atoms with Crippen LogP contribution in [-0.2, 0) is 15.7 Å². The smallest absolute Gasteiger partial charge is 0.416 e.